The van der Waals surface area contributed by atoms with E-state index in [1.807, 2.05) is 25.1 Å². The minimum Gasteiger partial charge on any atom is -0.490 e. The van der Waals surface area contributed by atoms with Crippen molar-refractivity contribution in [3.63, 3.8) is 0 Å². The molecule has 0 spiro atoms. The van der Waals surface area contributed by atoms with Crippen molar-refractivity contribution in [1.82, 2.24) is 0 Å². The van der Waals surface area contributed by atoms with E-state index in [4.69, 9.17) is 14.2 Å². The molecular weight excluding hydrogens is 244 g/mol. The van der Waals surface area contributed by atoms with Crippen LogP contribution in [-0.4, -0.2) is 30.5 Å². The summed E-state index contributed by atoms with van der Waals surface area (Å²) in [5, 5.41) is 9.38. The lowest BCUT2D eigenvalue weighted by atomic mass is 10.2. The third kappa shape index (κ3) is 3.61. The fourth-order valence-electron chi connectivity index (χ4n) is 2.30. The molecule has 1 aromatic rings. The van der Waals surface area contributed by atoms with Crippen molar-refractivity contribution in [1.29, 1.82) is 0 Å². The molecule has 0 amide bonds. The standard InChI is InChI=1S/C15H22O4/c1-3-17-14-6-4-5-12(9-16)15(14)18-10-13-8-7-11(2)19-13/h4-6,11,13,16H,3,7-10H2,1-2H3. The number of para-hydroxylation sites is 1. The highest BCUT2D eigenvalue weighted by molar-refractivity contribution is 5.46. The smallest absolute Gasteiger partial charge is 0.166 e. The van der Waals surface area contributed by atoms with E-state index in [-0.39, 0.29) is 12.7 Å². The van der Waals surface area contributed by atoms with Gasteiger partial charge in [0.05, 0.1) is 25.4 Å². The minimum atomic E-state index is -0.0574. The minimum absolute atomic E-state index is 0.0574. The molecule has 1 saturated heterocycles. The van der Waals surface area contributed by atoms with Crippen LogP contribution < -0.4 is 9.47 Å². The van der Waals surface area contributed by atoms with E-state index in [0.717, 1.165) is 18.4 Å². The number of rotatable bonds is 6. The van der Waals surface area contributed by atoms with Crippen LogP contribution in [0.4, 0.5) is 0 Å². The van der Waals surface area contributed by atoms with Crippen LogP contribution in [0.2, 0.25) is 0 Å². The average molecular weight is 266 g/mol. The highest BCUT2D eigenvalue weighted by Crippen LogP contribution is 2.32. The number of ether oxygens (including phenoxy) is 3. The van der Waals surface area contributed by atoms with Crippen LogP contribution in [0.5, 0.6) is 11.5 Å². The first-order chi connectivity index (χ1) is 9.24. The Bertz CT molecular complexity index is 405. The van der Waals surface area contributed by atoms with E-state index in [2.05, 4.69) is 6.92 Å². The SMILES string of the molecule is CCOc1cccc(CO)c1OCC1CCC(C)O1. The highest BCUT2D eigenvalue weighted by atomic mass is 16.6. The second-order valence-electron chi connectivity index (χ2n) is 4.79. The Morgan fingerprint density at radius 3 is 2.79 bits per heavy atom. The monoisotopic (exact) mass is 266 g/mol. The van der Waals surface area contributed by atoms with Crippen molar-refractivity contribution in [2.24, 2.45) is 0 Å². The predicted octanol–water partition coefficient (Wildman–Crippen LogP) is 2.52. The summed E-state index contributed by atoms with van der Waals surface area (Å²) in [5.41, 5.74) is 0.747. The fraction of sp³-hybridized carbons (Fsp3) is 0.600. The molecule has 2 atom stereocenters. The lowest BCUT2D eigenvalue weighted by molar-refractivity contribution is 0.0253. The van der Waals surface area contributed by atoms with Gasteiger partial charge in [-0.1, -0.05) is 12.1 Å². The van der Waals surface area contributed by atoms with Crippen molar-refractivity contribution < 1.29 is 19.3 Å². The molecule has 1 fully saturated rings. The normalized spacial score (nSPS) is 22.5. The largest absolute Gasteiger partial charge is 0.490 e. The van der Waals surface area contributed by atoms with Gasteiger partial charge in [-0.25, -0.2) is 0 Å². The van der Waals surface area contributed by atoms with Crippen molar-refractivity contribution in [3.8, 4) is 11.5 Å². The van der Waals surface area contributed by atoms with Crippen LogP contribution in [0, 0.1) is 0 Å². The number of hydrogen-bond donors (Lipinski definition) is 1. The first kappa shape index (κ1) is 14.2. The molecule has 4 heteroatoms. The first-order valence-electron chi connectivity index (χ1n) is 6.88. The van der Waals surface area contributed by atoms with E-state index in [1.54, 1.807) is 0 Å². The second kappa shape index (κ2) is 6.78. The summed E-state index contributed by atoms with van der Waals surface area (Å²) in [7, 11) is 0. The third-order valence-electron chi connectivity index (χ3n) is 3.26. The average Bonchev–Trinajstić information content (AvgIpc) is 2.83. The molecule has 106 valence electrons. The van der Waals surface area contributed by atoms with Gasteiger partial charge < -0.3 is 19.3 Å². The molecule has 1 N–H and O–H groups in total. The van der Waals surface area contributed by atoms with Crippen LogP contribution in [0.15, 0.2) is 18.2 Å². The summed E-state index contributed by atoms with van der Waals surface area (Å²) < 4.78 is 17.1. The Kier molecular flexibility index (Phi) is 5.05. The molecule has 2 unspecified atom stereocenters. The van der Waals surface area contributed by atoms with Gasteiger partial charge >= 0.3 is 0 Å². The van der Waals surface area contributed by atoms with Gasteiger partial charge in [-0.15, -0.1) is 0 Å². The van der Waals surface area contributed by atoms with Crippen LogP contribution in [0.3, 0.4) is 0 Å². The molecule has 0 radical (unpaired) electrons. The van der Waals surface area contributed by atoms with Crippen molar-refractivity contribution in [3.05, 3.63) is 23.8 Å². The van der Waals surface area contributed by atoms with E-state index in [0.29, 0.717) is 30.8 Å². The second-order valence-corrected chi connectivity index (χ2v) is 4.79. The highest BCUT2D eigenvalue weighted by Gasteiger charge is 2.23. The zero-order valence-electron chi connectivity index (χ0n) is 11.6. The van der Waals surface area contributed by atoms with E-state index in [9.17, 15) is 5.11 Å². The zero-order chi connectivity index (χ0) is 13.7. The lowest BCUT2D eigenvalue weighted by Gasteiger charge is -2.17. The maximum absolute atomic E-state index is 9.38. The van der Waals surface area contributed by atoms with E-state index in [1.165, 1.54) is 0 Å². The molecule has 0 bridgehead atoms. The molecule has 1 aromatic carbocycles. The molecule has 19 heavy (non-hydrogen) atoms. The first-order valence-corrected chi connectivity index (χ1v) is 6.88. The number of hydrogen-bond acceptors (Lipinski definition) is 4. The molecule has 0 aliphatic carbocycles. The van der Waals surface area contributed by atoms with Crippen LogP contribution in [0.1, 0.15) is 32.3 Å². The van der Waals surface area contributed by atoms with Crippen molar-refractivity contribution >= 4 is 0 Å². The molecule has 0 aromatic heterocycles. The molecule has 1 aliphatic rings. The fourth-order valence-corrected chi connectivity index (χ4v) is 2.30. The van der Waals surface area contributed by atoms with Crippen LogP contribution in [0.25, 0.3) is 0 Å². The van der Waals surface area contributed by atoms with Crippen molar-refractivity contribution in [2.75, 3.05) is 13.2 Å². The van der Waals surface area contributed by atoms with Crippen LogP contribution in [-0.2, 0) is 11.3 Å². The molecule has 1 heterocycles. The Morgan fingerprint density at radius 1 is 1.32 bits per heavy atom. The van der Waals surface area contributed by atoms with Gasteiger partial charge in [-0.3, -0.25) is 0 Å². The summed E-state index contributed by atoms with van der Waals surface area (Å²) >= 11 is 0. The summed E-state index contributed by atoms with van der Waals surface area (Å²) in [6.07, 6.45) is 2.55. The maximum Gasteiger partial charge on any atom is 0.166 e. The molecule has 4 nitrogen and oxygen atoms in total. The zero-order valence-corrected chi connectivity index (χ0v) is 11.6. The quantitative estimate of drug-likeness (QED) is 0.859. The maximum atomic E-state index is 9.38. The summed E-state index contributed by atoms with van der Waals surface area (Å²) in [5.74, 6) is 1.31. The number of benzene rings is 1. The van der Waals surface area contributed by atoms with Gasteiger partial charge in [-0.05, 0) is 32.8 Å². The van der Waals surface area contributed by atoms with Gasteiger partial charge in [-0.2, -0.15) is 0 Å². The molecule has 0 saturated carbocycles. The van der Waals surface area contributed by atoms with E-state index >= 15 is 0 Å². The Morgan fingerprint density at radius 2 is 2.16 bits per heavy atom. The van der Waals surface area contributed by atoms with Gasteiger partial charge in [0.1, 0.15) is 6.61 Å². The van der Waals surface area contributed by atoms with Gasteiger partial charge in [0, 0.05) is 5.56 Å². The Hall–Kier alpha value is -1.26. The van der Waals surface area contributed by atoms with Crippen molar-refractivity contribution in [2.45, 2.75) is 45.5 Å². The Labute approximate surface area is 114 Å². The molecule has 2 rings (SSSR count). The predicted molar refractivity (Wildman–Crippen MR) is 72.6 cm³/mol. The lowest BCUT2D eigenvalue weighted by Crippen LogP contribution is -2.18. The van der Waals surface area contributed by atoms with Gasteiger partial charge in [0.15, 0.2) is 11.5 Å². The summed E-state index contributed by atoms with van der Waals surface area (Å²) in [6.45, 7) is 5.02. The Balaban J connectivity index is 2.04. The summed E-state index contributed by atoms with van der Waals surface area (Å²) in [4.78, 5) is 0. The molecule has 1 aliphatic heterocycles. The molecular formula is C15H22O4. The van der Waals surface area contributed by atoms with E-state index < -0.39 is 0 Å². The summed E-state index contributed by atoms with van der Waals surface area (Å²) in [6, 6.07) is 5.56. The van der Waals surface area contributed by atoms with Gasteiger partial charge in [0.2, 0.25) is 0 Å². The van der Waals surface area contributed by atoms with Gasteiger partial charge in [0.25, 0.3) is 0 Å². The topological polar surface area (TPSA) is 47.9 Å². The number of aliphatic hydroxyl groups excluding tert-OH is 1. The third-order valence-corrected chi connectivity index (χ3v) is 3.26. The van der Waals surface area contributed by atoms with Crippen LogP contribution >= 0.6 is 0 Å². The number of aliphatic hydroxyl groups is 1.